The first-order chi connectivity index (χ1) is 16.3. The molecule has 3 aromatic rings. The van der Waals surface area contributed by atoms with Crippen molar-refractivity contribution in [2.75, 3.05) is 27.2 Å². The van der Waals surface area contributed by atoms with E-state index in [-0.39, 0.29) is 28.8 Å². The Bertz CT molecular complexity index is 1220. The quantitative estimate of drug-likeness (QED) is 0.615. The van der Waals surface area contributed by atoms with Gasteiger partial charge in [0.2, 0.25) is 0 Å². The first-order valence-electron chi connectivity index (χ1n) is 11.3. The van der Waals surface area contributed by atoms with Crippen LogP contribution in [0.3, 0.4) is 0 Å². The molecular weight excluding hydrogens is 442 g/mol. The Balaban J connectivity index is 1.75. The van der Waals surface area contributed by atoms with E-state index < -0.39 is 17.5 Å². The van der Waals surface area contributed by atoms with E-state index in [4.69, 9.17) is 4.74 Å². The molecule has 9 heteroatoms. The van der Waals surface area contributed by atoms with E-state index >= 15 is 8.78 Å². The molecular formula is C25H28F2N4O3. The molecule has 2 amide bonds. The topological polar surface area (TPSA) is 75.9 Å². The smallest absolute Gasteiger partial charge is 0.409 e. The molecule has 1 atom stereocenters. The van der Waals surface area contributed by atoms with Crippen molar-refractivity contribution >= 4 is 17.6 Å². The Morgan fingerprint density at radius 3 is 2.59 bits per heavy atom. The van der Waals surface area contributed by atoms with Gasteiger partial charge in [-0.1, -0.05) is 0 Å². The van der Waals surface area contributed by atoms with Crippen molar-refractivity contribution in [1.29, 1.82) is 0 Å². The van der Waals surface area contributed by atoms with Gasteiger partial charge in [-0.15, -0.1) is 0 Å². The number of hydrogen-bond donors (Lipinski definition) is 1. The van der Waals surface area contributed by atoms with Crippen molar-refractivity contribution in [3.05, 3.63) is 58.9 Å². The van der Waals surface area contributed by atoms with Crippen LogP contribution in [0.4, 0.5) is 13.6 Å². The number of nitrogens with one attached hydrogen (secondary N) is 1. The van der Waals surface area contributed by atoms with Gasteiger partial charge in [0.15, 0.2) is 0 Å². The van der Waals surface area contributed by atoms with E-state index in [9.17, 15) is 9.59 Å². The van der Waals surface area contributed by atoms with Gasteiger partial charge in [0.25, 0.3) is 5.91 Å². The fourth-order valence-electron chi connectivity index (χ4n) is 4.62. The summed E-state index contributed by atoms with van der Waals surface area (Å²) in [6, 6.07) is 5.87. The zero-order valence-corrected chi connectivity index (χ0v) is 19.5. The third-order valence-electron chi connectivity index (χ3n) is 6.41. The van der Waals surface area contributed by atoms with Crippen LogP contribution in [0, 0.1) is 24.5 Å². The van der Waals surface area contributed by atoms with Crippen molar-refractivity contribution in [2.45, 2.75) is 32.6 Å². The summed E-state index contributed by atoms with van der Waals surface area (Å²) in [6.07, 6.45) is 4.50. The Morgan fingerprint density at radius 2 is 1.91 bits per heavy atom. The van der Waals surface area contributed by atoms with Crippen LogP contribution in [0.15, 0.2) is 30.5 Å². The second-order valence-electron chi connectivity index (χ2n) is 8.69. The van der Waals surface area contributed by atoms with Gasteiger partial charge < -0.3 is 19.4 Å². The molecule has 1 aliphatic heterocycles. The van der Waals surface area contributed by atoms with Crippen LogP contribution in [0.1, 0.15) is 40.9 Å². The molecule has 1 saturated heterocycles. The maximum Gasteiger partial charge on any atom is 0.409 e. The molecule has 0 saturated carbocycles. The van der Waals surface area contributed by atoms with Crippen molar-refractivity contribution < 1.29 is 23.1 Å². The summed E-state index contributed by atoms with van der Waals surface area (Å²) in [4.78, 5) is 30.1. The summed E-state index contributed by atoms with van der Waals surface area (Å²) in [7, 11) is 2.78. The Morgan fingerprint density at radius 1 is 1.18 bits per heavy atom. The van der Waals surface area contributed by atoms with Crippen LogP contribution < -0.4 is 5.32 Å². The average Bonchev–Trinajstić information content (AvgIpc) is 2.99. The first kappa shape index (κ1) is 23.7. The molecule has 4 rings (SSSR count). The molecule has 1 fully saturated rings. The lowest BCUT2D eigenvalue weighted by Crippen LogP contribution is -2.31. The molecule has 7 nitrogen and oxygen atoms in total. The molecule has 180 valence electrons. The van der Waals surface area contributed by atoms with Crippen LogP contribution in [-0.2, 0) is 11.2 Å². The van der Waals surface area contributed by atoms with E-state index in [1.165, 1.54) is 14.2 Å². The number of hydrogen-bond acceptors (Lipinski definition) is 4. The van der Waals surface area contributed by atoms with E-state index in [1.807, 2.05) is 29.7 Å². The summed E-state index contributed by atoms with van der Waals surface area (Å²) < 4.78 is 37.1. The van der Waals surface area contributed by atoms with Gasteiger partial charge in [-0.3, -0.25) is 4.79 Å². The summed E-state index contributed by atoms with van der Waals surface area (Å²) in [6.45, 7) is 3.11. The minimum atomic E-state index is -0.835. The van der Waals surface area contributed by atoms with Crippen LogP contribution in [0.2, 0.25) is 0 Å². The Labute approximate surface area is 196 Å². The maximum absolute atomic E-state index is 15.2. The predicted octanol–water partition coefficient (Wildman–Crippen LogP) is 4.36. The maximum atomic E-state index is 15.2. The number of amides is 2. The van der Waals surface area contributed by atoms with Gasteiger partial charge in [-0.05, 0) is 68.4 Å². The average molecular weight is 471 g/mol. The largest absolute Gasteiger partial charge is 0.453 e. The van der Waals surface area contributed by atoms with Crippen molar-refractivity contribution in [2.24, 2.45) is 5.92 Å². The number of fused-ring (bicyclic) bond motifs is 1. The SMILES string of the molecule is CNC(=O)c1cc(F)c(-c2nc3cc(C)ccn3c2CC2CCCN(C(=O)OC)CC2)c(F)c1. The van der Waals surface area contributed by atoms with Crippen LogP contribution in [-0.4, -0.2) is 53.5 Å². The molecule has 0 spiro atoms. The van der Waals surface area contributed by atoms with Gasteiger partial charge in [0, 0.05) is 31.9 Å². The summed E-state index contributed by atoms with van der Waals surface area (Å²) >= 11 is 0. The number of benzene rings is 1. The van der Waals surface area contributed by atoms with E-state index in [0.717, 1.165) is 37.0 Å². The van der Waals surface area contributed by atoms with Crippen LogP contribution in [0.5, 0.6) is 0 Å². The second kappa shape index (κ2) is 9.79. The number of aromatic nitrogens is 2. The molecule has 0 radical (unpaired) electrons. The third-order valence-corrected chi connectivity index (χ3v) is 6.41. The van der Waals surface area contributed by atoms with Crippen LogP contribution >= 0.6 is 0 Å². The minimum absolute atomic E-state index is 0.0888. The van der Waals surface area contributed by atoms with Gasteiger partial charge in [0.05, 0.1) is 24.1 Å². The monoisotopic (exact) mass is 470 g/mol. The predicted molar refractivity (Wildman–Crippen MR) is 124 cm³/mol. The third kappa shape index (κ3) is 4.60. The molecule has 1 N–H and O–H groups in total. The number of pyridine rings is 1. The van der Waals surface area contributed by atoms with Gasteiger partial charge in [0.1, 0.15) is 17.3 Å². The highest BCUT2D eigenvalue weighted by Gasteiger charge is 2.27. The van der Waals surface area contributed by atoms with E-state index in [2.05, 4.69) is 10.3 Å². The fraction of sp³-hybridized carbons (Fsp3) is 0.400. The van der Waals surface area contributed by atoms with Crippen molar-refractivity contribution in [3.8, 4) is 11.3 Å². The zero-order valence-electron chi connectivity index (χ0n) is 19.5. The fourth-order valence-corrected chi connectivity index (χ4v) is 4.62. The molecule has 0 aliphatic carbocycles. The minimum Gasteiger partial charge on any atom is -0.453 e. The molecule has 1 aromatic carbocycles. The Hall–Kier alpha value is -3.49. The number of halogens is 2. The number of nitrogens with zero attached hydrogens (tertiary/aromatic N) is 3. The molecule has 2 aromatic heterocycles. The van der Waals surface area contributed by atoms with Crippen molar-refractivity contribution in [1.82, 2.24) is 19.6 Å². The van der Waals surface area contributed by atoms with E-state index in [0.29, 0.717) is 30.9 Å². The summed E-state index contributed by atoms with van der Waals surface area (Å²) in [5.41, 5.74) is 2.19. The number of ether oxygens (including phenoxy) is 1. The first-order valence-corrected chi connectivity index (χ1v) is 11.3. The highest BCUT2D eigenvalue weighted by atomic mass is 19.1. The van der Waals surface area contributed by atoms with Gasteiger partial charge >= 0.3 is 6.09 Å². The number of rotatable bonds is 4. The zero-order chi connectivity index (χ0) is 24.4. The van der Waals surface area contributed by atoms with E-state index in [1.54, 1.807) is 4.90 Å². The second-order valence-corrected chi connectivity index (χ2v) is 8.69. The number of likely N-dealkylation sites (tertiary alicyclic amines) is 1. The molecule has 1 aliphatic rings. The lowest BCUT2D eigenvalue weighted by molar-refractivity contribution is 0.0962. The molecule has 1 unspecified atom stereocenters. The summed E-state index contributed by atoms with van der Waals surface area (Å²) in [5.74, 6) is -2.04. The number of carbonyl (C=O) groups is 2. The summed E-state index contributed by atoms with van der Waals surface area (Å²) in [5, 5.41) is 2.38. The van der Waals surface area contributed by atoms with Gasteiger partial charge in [-0.25, -0.2) is 18.6 Å². The lowest BCUT2D eigenvalue weighted by Gasteiger charge is -2.19. The number of methoxy groups -OCH3 is 1. The number of imidazole rings is 1. The molecule has 34 heavy (non-hydrogen) atoms. The standard InChI is InChI=1S/C25H28F2N4O3/c1-15-6-10-31-20(12-16-5-4-8-30(9-7-16)25(33)34-3)23(29-21(31)11-15)22-18(26)13-17(14-19(22)27)24(32)28-2/h6,10-11,13-14,16H,4-5,7-9,12H2,1-3H3,(H,28,32). The lowest BCUT2D eigenvalue weighted by atomic mass is 9.93. The molecule has 0 bridgehead atoms. The normalized spacial score (nSPS) is 16.4. The van der Waals surface area contributed by atoms with Crippen molar-refractivity contribution in [3.63, 3.8) is 0 Å². The van der Waals surface area contributed by atoms with Crippen LogP contribution in [0.25, 0.3) is 16.9 Å². The number of aryl methyl sites for hydroxylation is 1. The molecule has 3 heterocycles. The highest BCUT2D eigenvalue weighted by Crippen LogP contribution is 2.33. The number of carbonyl (C=O) groups excluding carboxylic acids is 2. The highest BCUT2D eigenvalue weighted by molar-refractivity contribution is 5.94. The van der Waals surface area contributed by atoms with Gasteiger partial charge in [-0.2, -0.15) is 0 Å². The Kier molecular flexibility index (Phi) is 6.81.